The zero-order valence-electron chi connectivity index (χ0n) is 15.9. The van der Waals surface area contributed by atoms with Gasteiger partial charge in [0.2, 0.25) is 0 Å². The minimum absolute atomic E-state index is 0.0607. The second-order valence-electron chi connectivity index (χ2n) is 6.86. The van der Waals surface area contributed by atoms with Gasteiger partial charge in [0.25, 0.3) is 5.91 Å². The van der Waals surface area contributed by atoms with E-state index < -0.39 is 0 Å². The number of rotatable bonds is 6. The number of piperidine rings is 1. The monoisotopic (exact) mass is 380 g/mol. The maximum absolute atomic E-state index is 12.7. The molecule has 28 heavy (non-hydrogen) atoms. The zero-order chi connectivity index (χ0) is 19.3. The van der Waals surface area contributed by atoms with Crippen molar-refractivity contribution in [1.29, 1.82) is 0 Å². The summed E-state index contributed by atoms with van der Waals surface area (Å²) in [7, 11) is 1.60. The van der Waals surface area contributed by atoms with Gasteiger partial charge in [0.15, 0.2) is 17.3 Å². The molecule has 1 aromatic carbocycles. The molecule has 0 bridgehead atoms. The number of hydrogen-bond donors (Lipinski definition) is 0. The number of carbonyl (C=O) groups excluding carboxylic acids is 1. The third kappa shape index (κ3) is 3.91. The first kappa shape index (κ1) is 18.2. The van der Waals surface area contributed by atoms with Crippen molar-refractivity contribution >= 4 is 5.91 Å². The third-order valence-electron chi connectivity index (χ3n) is 5.11. The highest BCUT2D eigenvalue weighted by molar-refractivity contribution is 5.91. The van der Waals surface area contributed by atoms with E-state index in [4.69, 9.17) is 13.9 Å². The van der Waals surface area contributed by atoms with Crippen molar-refractivity contribution in [3.8, 4) is 11.5 Å². The van der Waals surface area contributed by atoms with Gasteiger partial charge in [-0.2, -0.15) is 0 Å². The molecule has 0 saturated carbocycles. The number of likely N-dealkylation sites (tertiary alicyclic amines) is 1. The van der Waals surface area contributed by atoms with Crippen molar-refractivity contribution < 1.29 is 18.7 Å². The number of furan rings is 1. The van der Waals surface area contributed by atoms with Crippen LogP contribution in [0.4, 0.5) is 0 Å². The van der Waals surface area contributed by atoms with Crippen LogP contribution in [0.2, 0.25) is 0 Å². The summed E-state index contributed by atoms with van der Waals surface area (Å²) < 4.78 is 19.0. The van der Waals surface area contributed by atoms with Gasteiger partial charge in [0, 0.05) is 31.5 Å². The number of aromatic nitrogens is 1. The summed E-state index contributed by atoms with van der Waals surface area (Å²) in [6, 6.07) is 15.5. The SMILES string of the molecule is COc1ccccc1OCc1ccc(C(=O)N2CCC(n3cccc3)CC2)o1. The van der Waals surface area contributed by atoms with E-state index in [1.54, 1.807) is 19.2 Å². The number of nitrogens with zero attached hydrogens (tertiary/aromatic N) is 2. The van der Waals surface area contributed by atoms with Crippen LogP contribution in [0.1, 0.15) is 35.2 Å². The van der Waals surface area contributed by atoms with E-state index in [1.807, 2.05) is 41.3 Å². The van der Waals surface area contributed by atoms with Crippen LogP contribution in [-0.4, -0.2) is 35.6 Å². The number of hydrogen-bond acceptors (Lipinski definition) is 4. The van der Waals surface area contributed by atoms with Gasteiger partial charge in [0.1, 0.15) is 12.4 Å². The van der Waals surface area contributed by atoms with E-state index in [9.17, 15) is 4.79 Å². The van der Waals surface area contributed by atoms with Gasteiger partial charge < -0.3 is 23.4 Å². The second kappa shape index (κ2) is 8.25. The molecule has 6 nitrogen and oxygen atoms in total. The first-order valence-corrected chi connectivity index (χ1v) is 9.51. The van der Waals surface area contributed by atoms with E-state index in [0.29, 0.717) is 29.1 Å². The molecular formula is C22H24N2O4. The highest BCUT2D eigenvalue weighted by Crippen LogP contribution is 2.27. The Hall–Kier alpha value is -3.15. The van der Waals surface area contributed by atoms with E-state index in [-0.39, 0.29) is 12.5 Å². The average Bonchev–Trinajstić information content (AvgIpc) is 3.44. The van der Waals surface area contributed by atoms with E-state index in [1.165, 1.54) is 0 Å². The fourth-order valence-corrected chi connectivity index (χ4v) is 3.57. The minimum atomic E-state index is -0.0607. The topological polar surface area (TPSA) is 56.8 Å². The Labute approximate surface area is 164 Å². The molecule has 0 unspecified atom stereocenters. The number of ether oxygens (including phenoxy) is 2. The molecule has 1 saturated heterocycles. The molecule has 3 heterocycles. The van der Waals surface area contributed by atoms with Crippen molar-refractivity contribution in [1.82, 2.24) is 9.47 Å². The molecule has 146 valence electrons. The van der Waals surface area contributed by atoms with Crippen molar-refractivity contribution in [3.63, 3.8) is 0 Å². The van der Waals surface area contributed by atoms with Crippen molar-refractivity contribution in [3.05, 3.63) is 72.4 Å². The molecule has 6 heteroatoms. The van der Waals surface area contributed by atoms with Crippen LogP contribution in [0.25, 0.3) is 0 Å². The maximum Gasteiger partial charge on any atom is 0.289 e. The molecule has 3 aromatic rings. The van der Waals surface area contributed by atoms with Crippen molar-refractivity contribution in [2.75, 3.05) is 20.2 Å². The largest absolute Gasteiger partial charge is 0.493 e. The molecule has 1 amide bonds. The molecule has 1 aliphatic heterocycles. The Morgan fingerprint density at radius 2 is 1.75 bits per heavy atom. The molecular weight excluding hydrogens is 356 g/mol. The predicted octanol–water partition coefficient (Wildman–Crippen LogP) is 4.15. The fourth-order valence-electron chi connectivity index (χ4n) is 3.57. The van der Waals surface area contributed by atoms with Crippen LogP contribution in [0.3, 0.4) is 0 Å². The Morgan fingerprint density at radius 3 is 2.46 bits per heavy atom. The van der Waals surface area contributed by atoms with Crippen LogP contribution in [-0.2, 0) is 6.61 Å². The Bertz CT molecular complexity index is 908. The maximum atomic E-state index is 12.7. The number of amides is 1. The number of benzene rings is 1. The Kier molecular flexibility index (Phi) is 5.37. The van der Waals surface area contributed by atoms with E-state index in [0.717, 1.165) is 25.9 Å². The summed E-state index contributed by atoms with van der Waals surface area (Å²) >= 11 is 0. The summed E-state index contributed by atoms with van der Waals surface area (Å²) in [6.45, 7) is 1.70. The number of carbonyl (C=O) groups is 1. The molecule has 0 aliphatic carbocycles. The van der Waals surface area contributed by atoms with Crippen LogP contribution in [0, 0.1) is 0 Å². The standard InChI is InChI=1S/C22H24N2O4/c1-26-19-6-2-3-7-20(19)27-16-18-8-9-21(28-18)22(25)24-14-10-17(11-15-24)23-12-4-5-13-23/h2-9,12-13,17H,10-11,14-16H2,1H3. The van der Waals surface area contributed by atoms with Gasteiger partial charge in [-0.25, -0.2) is 0 Å². The van der Waals surface area contributed by atoms with Crippen LogP contribution in [0.15, 0.2) is 65.3 Å². The molecule has 1 fully saturated rings. The quantitative estimate of drug-likeness (QED) is 0.645. The summed E-state index contributed by atoms with van der Waals surface area (Å²) in [4.78, 5) is 14.6. The van der Waals surface area contributed by atoms with Gasteiger partial charge >= 0.3 is 0 Å². The Morgan fingerprint density at radius 1 is 1.04 bits per heavy atom. The van der Waals surface area contributed by atoms with Crippen LogP contribution in [0.5, 0.6) is 11.5 Å². The lowest BCUT2D eigenvalue weighted by molar-refractivity contribution is 0.0658. The number of para-hydroxylation sites is 2. The first-order valence-electron chi connectivity index (χ1n) is 9.51. The lowest BCUT2D eigenvalue weighted by atomic mass is 10.0. The molecule has 2 aromatic heterocycles. The zero-order valence-corrected chi connectivity index (χ0v) is 15.9. The summed E-state index contributed by atoms with van der Waals surface area (Å²) in [6.07, 6.45) is 6.07. The highest BCUT2D eigenvalue weighted by atomic mass is 16.5. The lowest BCUT2D eigenvalue weighted by Gasteiger charge is -2.32. The van der Waals surface area contributed by atoms with E-state index in [2.05, 4.69) is 17.0 Å². The van der Waals surface area contributed by atoms with Gasteiger partial charge in [-0.15, -0.1) is 0 Å². The van der Waals surface area contributed by atoms with Crippen molar-refractivity contribution in [2.45, 2.75) is 25.5 Å². The molecule has 0 spiro atoms. The third-order valence-corrected chi connectivity index (χ3v) is 5.11. The summed E-state index contributed by atoms with van der Waals surface area (Å²) in [5, 5.41) is 0. The van der Waals surface area contributed by atoms with Gasteiger partial charge in [-0.05, 0) is 49.2 Å². The fraction of sp³-hybridized carbons (Fsp3) is 0.318. The highest BCUT2D eigenvalue weighted by Gasteiger charge is 2.26. The van der Waals surface area contributed by atoms with Gasteiger partial charge in [-0.1, -0.05) is 12.1 Å². The molecule has 0 N–H and O–H groups in total. The van der Waals surface area contributed by atoms with E-state index >= 15 is 0 Å². The predicted molar refractivity (Wildman–Crippen MR) is 105 cm³/mol. The number of methoxy groups -OCH3 is 1. The summed E-state index contributed by atoms with van der Waals surface area (Å²) in [5.74, 6) is 2.21. The molecule has 0 radical (unpaired) electrons. The van der Waals surface area contributed by atoms with Gasteiger partial charge in [-0.3, -0.25) is 4.79 Å². The van der Waals surface area contributed by atoms with Gasteiger partial charge in [0.05, 0.1) is 7.11 Å². The van der Waals surface area contributed by atoms with Crippen molar-refractivity contribution in [2.24, 2.45) is 0 Å². The minimum Gasteiger partial charge on any atom is -0.493 e. The molecule has 0 atom stereocenters. The Balaban J connectivity index is 1.33. The first-order chi connectivity index (χ1) is 13.7. The smallest absolute Gasteiger partial charge is 0.289 e. The average molecular weight is 380 g/mol. The lowest BCUT2D eigenvalue weighted by Crippen LogP contribution is -2.38. The molecule has 1 aliphatic rings. The summed E-state index contributed by atoms with van der Waals surface area (Å²) in [5.41, 5.74) is 0. The second-order valence-corrected chi connectivity index (χ2v) is 6.86. The normalized spacial score (nSPS) is 14.8. The molecule has 4 rings (SSSR count). The van der Waals surface area contributed by atoms with Crippen LogP contribution >= 0.6 is 0 Å². The van der Waals surface area contributed by atoms with Crippen LogP contribution < -0.4 is 9.47 Å².